The van der Waals surface area contributed by atoms with E-state index in [9.17, 15) is 13.9 Å². The van der Waals surface area contributed by atoms with Crippen LogP contribution in [0.3, 0.4) is 0 Å². The van der Waals surface area contributed by atoms with Gasteiger partial charge < -0.3 is 15.0 Å². The van der Waals surface area contributed by atoms with Crippen LogP contribution < -0.4 is 0 Å². The second-order valence-electron chi connectivity index (χ2n) is 11.1. The number of alkyl halides is 2. The number of likely N-dealkylation sites (tertiary alicyclic amines) is 1. The second kappa shape index (κ2) is 9.64. The molecule has 0 amide bonds. The number of fused-ring (bicyclic) bond motifs is 3. The van der Waals surface area contributed by atoms with Crippen molar-refractivity contribution in [3.05, 3.63) is 70.9 Å². The summed E-state index contributed by atoms with van der Waals surface area (Å²) >= 11 is 0. The number of aliphatic hydroxyl groups excluding tert-OH is 1. The minimum absolute atomic E-state index is 0.0812. The number of nitrogens with zero attached hydrogens (tertiary/aromatic N) is 2. The van der Waals surface area contributed by atoms with Crippen LogP contribution in [0.4, 0.5) is 8.78 Å². The highest BCUT2D eigenvalue weighted by molar-refractivity contribution is 5.85. The Kier molecular flexibility index (Phi) is 6.73. The van der Waals surface area contributed by atoms with Crippen molar-refractivity contribution >= 4 is 10.9 Å². The van der Waals surface area contributed by atoms with Crippen LogP contribution in [0.1, 0.15) is 61.7 Å². The summed E-state index contributed by atoms with van der Waals surface area (Å²) in [5.74, 6) is 0.180. The predicted molar refractivity (Wildman–Crippen MR) is 137 cm³/mol. The molecule has 35 heavy (non-hydrogen) atoms. The van der Waals surface area contributed by atoms with Crippen LogP contribution in [-0.4, -0.2) is 64.5 Å². The Morgan fingerprint density at radius 3 is 2.51 bits per heavy atom. The van der Waals surface area contributed by atoms with Gasteiger partial charge in [-0.2, -0.15) is 0 Å². The van der Waals surface area contributed by atoms with Gasteiger partial charge in [0, 0.05) is 54.7 Å². The SMILES string of the molecule is C[C@@H]1Cc2c([nH]c3ccccc23)[C@@H](c2ccc([C@@H](O)C3CN(CCCF)C3)cc2)N1CC(C)(C)F. The first-order chi connectivity index (χ1) is 16.7. The van der Waals surface area contributed by atoms with Crippen molar-refractivity contribution in [1.29, 1.82) is 0 Å². The van der Waals surface area contributed by atoms with Crippen LogP contribution in [0.5, 0.6) is 0 Å². The van der Waals surface area contributed by atoms with E-state index in [0.29, 0.717) is 13.0 Å². The van der Waals surface area contributed by atoms with E-state index in [1.807, 2.05) is 18.2 Å². The normalized spacial score (nSPS) is 22.8. The van der Waals surface area contributed by atoms with E-state index in [1.165, 1.54) is 10.9 Å². The molecule has 3 atom stereocenters. The third-order valence-corrected chi connectivity index (χ3v) is 7.71. The molecule has 6 heteroatoms. The topological polar surface area (TPSA) is 42.5 Å². The highest BCUT2D eigenvalue weighted by Gasteiger charge is 2.39. The Hall–Kier alpha value is -2.28. The lowest BCUT2D eigenvalue weighted by Crippen LogP contribution is -2.49. The third-order valence-electron chi connectivity index (χ3n) is 7.71. The molecule has 0 radical (unpaired) electrons. The quantitative estimate of drug-likeness (QED) is 0.442. The van der Waals surface area contributed by atoms with E-state index >= 15 is 0 Å². The molecule has 2 N–H and O–H groups in total. The van der Waals surface area contributed by atoms with Crippen molar-refractivity contribution in [2.24, 2.45) is 5.92 Å². The summed E-state index contributed by atoms with van der Waals surface area (Å²) in [6.07, 6.45) is 0.906. The fourth-order valence-corrected chi connectivity index (χ4v) is 5.97. The number of para-hydroxylation sites is 1. The molecule has 2 aliphatic rings. The van der Waals surface area contributed by atoms with E-state index in [1.54, 1.807) is 13.8 Å². The molecular weight excluding hydrogens is 444 g/mol. The Labute approximate surface area is 206 Å². The lowest BCUT2D eigenvalue weighted by Gasteiger charge is -2.43. The standard InChI is InChI=1S/C29H37F2N3O/c1-19-15-24-23-7-4-5-8-25(23)32-26(24)27(34(19)18-29(2,3)31)20-9-11-21(12-10-20)28(35)22-16-33(17-22)14-6-13-30/h4-5,7-12,19,22,27-28,32,35H,6,13-18H2,1-3H3/t19-,27-,28-/m1/s1. The number of hydrogen-bond acceptors (Lipinski definition) is 3. The predicted octanol–water partition coefficient (Wildman–Crippen LogP) is 5.58. The fraction of sp³-hybridized carbons (Fsp3) is 0.517. The van der Waals surface area contributed by atoms with Gasteiger partial charge in [-0.25, -0.2) is 4.39 Å². The molecular formula is C29H37F2N3O. The molecule has 4 nitrogen and oxygen atoms in total. The molecule has 0 bridgehead atoms. The maximum Gasteiger partial charge on any atom is 0.118 e. The number of benzene rings is 2. The first kappa shape index (κ1) is 24.4. The van der Waals surface area contributed by atoms with Crippen molar-refractivity contribution < 1.29 is 13.9 Å². The summed E-state index contributed by atoms with van der Waals surface area (Å²) in [6, 6.07) is 16.7. The van der Waals surface area contributed by atoms with Gasteiger partial charge in [0.25, 0.3) is 0 Å². The molecule has 0 unspecified atom stereocenters. The Balaban J connectivity index is 1.43. The van der Waals surface area contributed by atoms with Gasteiger partial charge in [-0.15, -0.1) is 0 Å². The molecule has 0 spiro atoms. The van der Waals surface area contributed by atoms with Crippen LogP contribution >= 0.6 is 0 Å². The highest BCUT2D eigenvalue weighted by Crippen LogP contribution is 2.42. The Bertz CT molecular complexity index is 1150. The van der Waals surface area contributed by atoms with Gasteiger partial charge in [0.2, 0.25) is 0 Å². The van der Waals surface area contributed by atoms with Gasteiger partial charge >= 0.3 is 0 Å². The van der Waals surface area contributed by atoms with Gasteiger partial charge in [-0.1, -0.05) is 42.5 Å². The summed E-state index contributed by atoms with van der Waals surface area (Å²) in [6.45, 7) is 7.90. The largest absolute Gasteiger partial charge is 0.388 e. The number of halogens is 2. The summed E-state index contributed by atoms with van der Waals surface area (Å²) in [7, 11) is 0. The zero-order chi connectivity index (χ0) is 24.7. The first-order valence-corrected chi connectivity index (χ1v) is 12.9. The molecule has 2 aromatic carbocycles. The average Bonchev–Trinajstić information content (AvgIpc) is 3.15. The summed E-state index contributed by atoms with van der Waals surface area (Å²) < 4.78 is 27.3. The van der Waals surface area contributed by atoms with Crippen molar-refractivity contribution in [3.63, 3.8) is 0 Å². The minimum atomic E-state index is -1.32. The van der Waals surface area contributed by atoms with Crippen molar-refractivity contribution in [2.45, 2.75) is 57.5 Å². The average molecular weight is 482 g/mol. The first-order valence-electron chi connectivity index (χ1n) is 12.9. The lowest BCUT2D eigenvalue weighted by atomic mass is 9.85. The lowest BCUT2D eigenvalue weighted by molar-refractivity contribution is -0.00611. The van der Waals surface area contributed by atoms with Crippen molar-refractivity contribution in [1.82, 2.24) is 14.8 Å². The van der Waals surface area contributed by atoms with Crippen molar-refractivity contribution in [2.75, 3.05) is 32.9 Å². The second-order valence-corrected chi connectivity index (χ2v) is 11.1. The number of H-pyrrole nitrogens is 1. The van der Waals surface area contributed by atoms with E-state index < -0.39 is 11.8 Å². The highest BCUT2D eigenvalue weighted by atomic mass is 19.1. The van der Waals surface area contributed by atoms with Crippen LogP contribution in [0.2, 0.25) is 0 Å². The summed E-state index contributed by atoms with van der Waals surface area (Å²) in [4.78, 5) is 8.12. The zero-order valence-electron chi connectivity index (χ0n) is 21.0. The van der Waals surface area contributed by atoms with Crippen LogP contribution in [-0.2, 0) is 6.42 Å². The third kappa shape index (κ3) is 4.89. The molecule has 1 fully saturated rings. The maximum atomic E-state index is 14.9. The smallest absolute Gasteiger partial charge is 0.118 e. The molecule has 3 aromatic rings. The Morgan fingerprint density at radius 1 is 1.11 bits per heavy atom. The molecule has 1 saturated heterocycles. The van der Waals surface area contributed by atoms with Gasteiger partial charge in [-0.3, -0.25) is 9.29 Å². The number of aromatic amines is 1. The van der Waals surface area contributed by atoms with E-state index in [2.05, 4.69) is 52.0 Å². The molecule has 1 aromatic heterocycles. The summed E-state index contributed by atoms with van der Waals surface area (Å²) in [5.41, 5.74) is 4.27. The van der Waals surface area contributed by atoms with E-state index in [0.717, 1.165) is 48.4 Å². The van der Waals surface area contributed by atoms with Crippen LogP contribution in [0, 0.1) is 5.92 Å². The number of nitrogens with one attached hydrogen (secondary N) is 1. The molecule has 0 saturated carbocycles. The van der Waals surface area contributed by atoms with Crippen LogP contribution in [0.15, 0.2) is 48.5 Å². The van der Waals surface area contributed by atoms with E-state index in [-0.39, 0.29) is 24.7 Å². The maximum absolute atomic E-state index is 14.9. The molecule has 188 valence electrons. The van der Waals surface area contributed by atoms with Gasteiger partial charge in [0.15, 0.2) is 0 Å². The monoisotopic (exact) mass is 481 g/mol. The molecule has 2 aliphatic heterocycles. The summed E-state index contributed by atoms with van der Waals surface area (Å²) in [5, 5.41) is 12.2. The van der Waals surface area contributed by atoms with Gasteiger partial charge in [0.05, 0.1) is 18.8 Å². The van der Waals surface area contributed by atoms with Crippen LogP contribution in [0.25, 0.3) is 10.9 Å². The van der Waals surface area contributed by atoms with E-state index in [4.69, 9.17) is 0 Å². The fourth-order valence-electron chi connectivity index (χ4n) is 5.97. The zero-order valence-corrected chi connectivity index (χ0v) is 21.0. The Morgan fingerprint density at radius 2 is 1.83 bits per heavy atom. The van der Waals surface area contributed by atoms with Gasteiger partial charge in [0.1, 0.15) is 5.67 Å². The van der Waals surface area contributed by atoms with Gasteiger partial charge in [-0.05, 0) is 56.4 Å². The van der Waals surface area contributed by atoms with Crippen molar-refractivity contribution in [3.8, 4) is 0 Å². The number of aliphatic hydroxyl groups is 1. The minimum Gasteiger partial charge on any atom is -0.388 e. The number of rotatable bonds is 8. The molecule has 3 heterocycles. The molecule has 0 aliphatic carbocycles. The number of aromatic nitrogens is 1. The number of hydrogen-bond donors (Lipinski definition) is 2. The molecule has 5 rings (SSSR count).